The summed E-state index contributed by atoms with van der Waals surface area (Å²) in [5, 5.41) is 0. The third kappa shape index (κ3) is 4.52. The van der Waals surface area contributed by atoms with Crippen molar-refractivity contribution in [3.63, 3.8) is 0 Å². The van der Waals surface area contributed by atoms with Gasteiger partial charge in [0.05, 0.1) is 5.69 Å². The molecule has 0 radical (unpaired) electrons. The van der Waals surface area contributed by atoms with Crippen molar-refractivity contribution in [2.45, 2.75) is 46.6 Å². The fourth-order valence-corrected chi connectivity index (χ4v) is 2.32. The topological polar surface area (TPSA) is 61.2 Å². The second-order valence-electron chi connectivity index (χ2n) is 6.54. The van der Waals surface area contributed by atoms with Gasteiger partial charge in [0, 0.05) is 17.4 Å². The molecule has 2 rings (SSSR count). The van der Waals surface area contributed by atoms with E-state index in [-0.39, 0.29) is 12.2 Å². The number of carbonyl (C=O) groups is 2. The molecule has 5 heteroatoms. The van der Waals surface area contributed by atoms with Crippen molar-refractivity contribution >= 4 is 11.8 Å². The van der Waals surface area contributed by atoms with Crippen molar-refractivity contribution in [1.29, 1.82) is 0 Å². The molecule has 0 aliphatic carbocycles. The van der Waals surface area contributed by atoms with E-state index in [0.29, 0.717) is 5.56 Å². The highest BCUT2D eigenvalue weighted by Crippen LogP contribution is 2.16. The molecule has 0 saturated carbocycles. The number of nitrogens with zero attached hydrogens (tertiary/aromatic N) is 2. The lowest BCUT2D eigenvalue weighted by atomic mass is 10.1. The molecule has 1 aromatic carbocycles. The number of hydrogen-bond acceptors (Lipinski definition) is 4. The van der Waals surface area contributed by atoms with E-state index in [2.05, 4.69) is 4.98 Å². The molecule has 1 aromatic heterocycles. The van der Waals surface area contributed by atoms with Gasteiger partial charge in [-0.05, 0) is 46.8 Å². The van der Waals surface area contributed by atoms with Gasteiger partial charge in [-0.3, -0.25) is 9.59 Å². The number of Topliss-reactive ketones (excluding diaryl/α,β-unsaturated/α-hetero) is 1. The summed E-state index contributed by atoms with van der Waals surface area (Å²) in [6, 6.07) is 7.17. The molecular formula is C18H22N2O3. The molecule has 0 spiro atoms. The molecule has 0 unspecified atom stereocenters. The van der Waals surface area contributed by atoms with Crippen molar-refractivity contribution in [1.82, 2.24) is 9.55 Å². The van der Waals surface area contributed by atoms with Crippen LogP contribution in [0.4, 0.5) is 0 Å². The molecule has 0 fully saturated rings. The zero-order valence-corrected chi connectivity index (χ0v) is 14.2. The average molecular weight is 314 g/mol. The number of ether oxygens (including phenoxy) is 1. The molecule has 0 bridgehead atoms. The Labute approximate surface area is 136 Å². The summed E-state index contributed by atoms with van der Waals surface area (Å²) in [4.78, 5) is 28.4. The Morgan fingerprint density at radius 1 is 1.22 bits per heavy atom. The van der Waals surface area contributed by atoms with Crippen molar-refractivity contribution in [2.24, 2.45) is 0 Å². The first-order valence-corrected chi connectivity index (χ1v) is 7.54. The Bertz CT molecular complexity index is 739. The van der Waals surface area contributed by atoms with Gasteiger partial charge < -0.3 is 9.30 Å². The van der Waals surface area contributed by atoms with E-state index >= 15 is 0 Å². The molecule has 0 N–H and O–H groups in total. The van der Waals surface area contributed by atoms with Crippen molar-refractivity contribution < 1.29 is 14.3 Å². The SMILES string of the molecule is Cc1cn(-c2cccc(C(=O)CC(=O)OC(C)(C)C)c2)c(C)n1. The summed E-state index contributed by atoms with van der Waals surface area (Å²) in [6.45, 7) is 9.16. The molecule has 1 heterocycles. The highest BCUT2D eigenvalue weighted by Gasteiger charge is 2.20. The normalized spacial score (nSPS) is 11.3. The second-order valence-corrected chi connectivity index (χ2v) is 6.54. The average Bonchev–Trinajstić information content (AvgIpc) is 2.75. The van der Waals surface area contributed by atoms with Crippen LogP contribution in [0.2, 0.25) is 0 Å². The highest BCUT2D eigenvalue weighted by atomic mass is 16.6. The minimum Gasteiger partial charge on any atom is -0.460 e. The standard InChI is InChI=1S/C18H22N2O3/c1-12-11-20(13(2)19-12)15-8-6-7-14(9-15)16(21)10-17(22)23-18(3,4)5/h6-9,11H,10H2,1-5H3. The van der Waals surface area contributed by atoms with Crippen LogP contribution in [0.3, 0.4) is 0 Å². The number of aromatic nitrogens is 2. The molecule has 5 nitrogen and oxygen atoms in total. The van der Waals surface area contributed by atoms with Gasteiger partial charge in [-0.1, -0.05) is 12.1 Å². The van der Waals surface area contributed by atoms with E-state index in [1.54, 1.807) is 39.0 Å². The summed E-state index contributed by atoms with van der Waals surface area (Å²) >= 11 is 0. The largest absolute Gasteiger partial charge is 0.460 e. The zero-order valence-electron chi connectivity index (χ0n) is 14.2. The number of benzene rings is 1. The van der Waals surface area contributed by atoms with E-state index in [1.807, 2.05) is 30.7 Å². The fourth-order valence-electron chi connectivity index (χ4n) is 2.32. The Kier molecular flexibility index (Phi) is 4.68. The first-order chi connectivity index (χ1) is 10.7. The zero-order chi connectivity index (χ0) is 17.2. The quantitative estimate of drug-likeness (QED) is 0.493. The van der Waals surface area contributed by atoms with Gasteiger partial charge in [0.1, 0.15) is 17.8 Å². The predicted molar refractivity (Wildman–Crippen MR) is 87.8 cm³/mol. The Morgan fingerprint density at radius 2 is 1.91 bits per heavy atom. The molecule has 2 aromatic rings. The summed E-state index contributed by atoms with van der Waals surface area (Å²) < 4.78 is 7.11. The summed E-state index contributed by atoms with van der Waals surface area (Å²) in [5.74, 6) is 0.0809. The highest BCUT2D eigenvalue weighted by molar-refractivity contribution is 6.06. The van der Waals surface area contributed by atoms with E-state index in [0.717, 1.165) is 17.2 Å². The van der Waals surface area contributed by atoms with Crippen LogP contribution in [0.1, 0.15) is 49.1 Å². The lowest BCUT2D eigenvalue weighted by molar-refractivity contribution is -0.153. The number of esters is 1. The number of carbonyl (C=O) groups excluding carboxylic acids is 2. The van der Waals surface area contributed by atoms with Crippen LogP contribution in [0.25, 0.3) is 5.69 Å². The van der Waals surface area contributed by atoms with E-state index < -0.39 is 11.6 Å². The number of ketones is 1. The summed E-state index contributed by atoms with van der Waals surface area (Å²) in [6.07, 6.45) is 1.65. The van der Waals surface area contributed by atoms with E-state index in [4.69, 9.17) is 4.74 Å². The number of rotatable bonds is 4. The second kappa shape index (κ2) is 6.36. The summed E-state index contributed by atoms with van der Waals surface area (Å²) in [7, 11) is 0. The van der Waals surface area contributed by atoms with Crippen LogP contribution in [0, 0.1) is 13.8 Å². The van der Waals surface area contributed by atoms with Gasteiger partial charge in [0.15, 0.2) is 5.78 Å². The van der Waals surface area contributed by atoms with Crippen molar-refractivity contribution in [3.8, 4) is 5.69 Å². The van der Waals surface area contributed by atoms with Gasteiger partial charge in [0.2, 0.25) is 0 Å². The lowest BCUT2D eigenvalue weighted by Gasteiger charge is -2.19. The monoisotopic (exact) mass is 314 g/mol. The van der Waals surface area contributed by atoms with Gasteiger partial charge in [-0.25, -0.2) is 4.98 Å². The molecular weight excluding hydrogens is 292 g/mol. The Balaban J connectivity index is 2.18. The van der Waals surface area contributed by atoms with Crippen molar-refractivity contribution in [2.75, 3.05) is 0 Å². The maximum atomic E-state index is 12.3. The number of aryl methyl sites for hydroxylation is 2. The molecule has 0 atom stereocenters. The molecule has 0 amide bonds. The first-order valence-electron chi connectivity index (χ1n) is 7.54. The predicted octanol–water partition coefficient (Wildman–Crippen LogP) is 3.40. The van der Waals surface area contributed by atoms with Crippen LogP contribution in [0.5, 0.6) is 0 Å². The maximum Gasteiger partial charge on any atom is 0.314 e. The van der Waals surface area contributed by atoms with Gasteiger partial charge in [0.25, 0.3) is 0 Å². The molecule has 0 aliphatic rings. The Morgan fingerprint density at radius 3 is 2.48 bits per heavy atom. The molecule has 0 saturated heterocycles. The maximum absolute atomic E-state index is 12.3. The van der Waals surface area contributed by atoms with Gasteiger partial charge >= 0.3 is 5.97 Å². The number of hydrogen-bond donors (Lipinski definition) is 0. The smallest absolute Gasteiger partial charge is 0.314 e. The molecule has 122 valence electrons. The van der Waals surface area contributed by atoms with E-state index in [9.17, 15) is 9.59 Å². The van der Waals surface area contributed by atoms with Crippen LogP contribution in [-0.2, 0) is 9.53 Å². The Hall–Kier alpha value is -2.43. The molecule has 0 aliphatic heterocycles. The fraction of sp³-hybridized carbons (Fsp3) is 0.389. The van der Waals surface area contributed by atoms with Crippen LogP contribution in [-0.4, -0.2) is 26.9 Å². The number of imidazole rings is 1. The minimum atomic E-state index is -0.593. The third-order valence-electron chi connectivity index (χ3n) is 3.17. The van der Waals surface area contributed by atoms with Crippen molar-refractivity contribution in [3.05, 3.63) is 47.5 Å². The summed E-state index contributed by atoms with van der Waals surface area (Å²) in [5.41, 5.74) is 1.65. The van der Waals surface area contributed by atoms with Crippen LogP contribution >= 0.6 is 0 Å². The minimum absolute atomic E-state index is 0.254. The first kappa shape index (κ1) is 16.9. The van der Waals surface area contributed by atoms with Gasteiger partial charge in [-0.15, -0.1) is 0 Å². The van der Waals surface area contributed by atoms with E-state index in [1.165, 1.54) is 0 Å². The van der Waals surface area contributed by atoms with Crippen LogP contribution in [0.15, 0.2) is 30.5 Å². The van der Waals surface area contributed by atoms with Crippen LogP contribution < -0.4 is 0 Å². The lowest BCUT2D eigenvalue weighted by Crippen LogP contribution is -2.25. The molecule has 23 heavy (non-hydrogen) atoms. The van der Waals surface area contributed by atoms with Gasteiger partial charge in [-0.2, -0.15) is 0 Å². The third-order valence-corrected chi connectivity index (χ3v) is 3.17.